The molecule has 2 heteroatoms. The summed E-state index contributed by atoms with van der Waals surface area (Å²) in [7, 11) is 0. The summed E-state index contributed by atoms with van der Waals surface area (Å²) in [5.41, 5.74) is 1.51. The average Bonchev–Trinajstić information content (AvgIpc) is 2.32. The molecule has 1 aromatic heterocycles. The van der Waals surface area contributed by atoms with Crippen molar-refractivity contribution in [1.29, 1.82) is 0 Å². The van der Waals surface area contributed by atoms with E-state index in [-0.39, 0.29) is 5.41 Å². The molecule has 1 rings (SSSR count). The van der Waals surface area contributed by atoms with Gasteiger partial charge in [-0.2, -0.15) is 0 Å². The highest BCUT2D eigenvalue weighted by atomic mass is 32.1. The van der Waals surface area contributed by atoms with Crippen LogP contribution in [0.2, 0.25) is 0 Å². The van der Waals surface area contributed by atoms with Crippen LogP contribution >= 0.6 is 11.3 Å². The molecule has 13 heavy (non-hydrogen) atoms. The fraction of sp³-hybridized carbons (Fsp3) is 0.727. The van der Waals surface area contributed by atoms with Crippen molar-refractivity contribution >= 4 is 11.3 Å². The van der Waals surface area contributed by atoms with Crippen LogP contribution in [0, 0.1) is 6.92 Å². The molecular weight excluding hydrogens is 178 g/mol. The van der Waals surface area contributed by atoms with Crippen molar-refractivity contribution in [2.75, 3.05) is 0 Å². The van der Waals surface area contributed by atoms with Gasteiger partial charge in [0.05, 0.1) is 10.7 Å². The zero-order chi connectivity index (χ0) is 10.1. The summed E-state index contributed by atoms with van der Waals surface area (Å²) in [4.78, 5) is 6.08. The Morgan fingerprint density at radius 3 is 2.31 bits per heavy atom. The topological polar surface area (TPSA) is 12.9 Å². The van der Waals surface area contributed by atoms with Gasteiger partial charge >= 0.3 is 0 Å². The zero-order valence-electron chi connectivity index (χ0n) is 9.27. The molecule has 1 nitrogen and oxygen atoms in total. The Bertz CT molecular complexity index is 281. The Balaban J connectivity index is 2.95. The molecule has 0 N–H and O–H groups in total. The predicted octanol–water partition coefficient (Wildman–Crippen LogP) is 3.70. The first-order valence-electron chi connectivity index (χ1n) is 4.92. The zero-order valence-corrected chi connectivity index (χ0v) is 10.1. The van der Waals surface area contributed by atoms with E-state index in [1.54, 1.807) is 0 Å². The van der Waals surface area contributed by atoms with E-state index in [4.69, 9.17) is 0 Å². The first-order valence-corrected chi connectivity index (χ1v) is 5.73. The monoisotopic (exact) mass is 197 g/mol. The van der Waals surface area contributed by atoms with Crippen molar-refractivity contribution in [3.8, 4) is 0 Å². The quantitative estimate of drug-likeness (QED) is 0.704. The molecule has 0 aromatic carbocycles. The molecule has 1 heterocycles. The summed E-state index contributed by atoms with van der Waals surface area (Å²) in [5.74, 6) is 0. The maximum absolute atomic E-state index is 4.69. The third kappa shape index (κ3) is 2.53. The summed E-state index contributed by atoms with van der Waals surface area (Å²) in [6, 6.07) is 0. The molecule has 0 aliphatic rings. The van der Waals surface area contributed by atoms with Gasteiger partial charge < -0.3 is 0 Å². The molecule has 0 spiro atoms. The van der Waals surface area contributed by atoms with Crippen molar-refractivity contribution in [2.24, 2.45) is 0 Å². The van der Waals surface area contributed by atoms with E-state index in [1.807, 2.05) is 11.3 Å². The van der Waals surface area contributed by atoms with Gasteiger partial charge in [-0.1, -0.05) is 34.1 Å². The third-order valence-electron chi connectivity index (χ3n) is 2.02. The number of rotatable bonds is 2. The minimum Gasteiger partial charge on any atom is -0.245 e. The molecule has 0 radical (unpaired) electrons. The highest BCUT2D eigenvalue weighted by Gasteiger charge is 2.19. The van der Waals surface area contributed by atoms with Crippen LogP contribution in [0.1, 0.15) is 49.7 Å². The van der Waals surface area contributed by atoms with Crippen LogP contribution in [-0.2, 0) is 11.8 Å². The van der Waals surface area contributed by atoms with Crippen LogP contribution in [0.3, 0.4) is 0 Å². The van der Waals surface area contributed by atoms with Crippen molar-refractivity contribution in [3.63, 3.8) is 0 Å². The fourth-order valence-electron chi connectivity index (χ4n) is 1.22. The van der Waals surface area contributed by atoms with E-state index in [1.165, 1.54) is 22.0 Å². The summed E-state index contributed by atoms with van der Waals surface area (Å²) in [6.07, 6.45) is 2.31. The van der Waals surface area contributed by atoms with Crippen LogP contribution in [0.25, 0.3) is 0 Å². The first-order chi connectivity index (χ1) is 5.95. The third-order valence-corrected chi connectivity index (χ3v) is 3.46. The lowest BCUT2D eigenvalue weighted by Gasteiger charge is -2.13. The van der Waals surface area contributed by atoms with Crippen LogP contribution in [0.4, 0.5) is 0 Å². The number of nitrogens with zero attached hydrogens (tertiary/aromatic N) is 1. The van der Waals surface area contributed by atoms with E-state index < -0.39 is 0 Å². The molecule has 0 saturated heterocycles. The second-order valence-electron chi connectivity index (χ2n) is 4.52. The first kappa shape index (κ1) is 10.7. The van der Waals surface area contributed by atoms with Gasteiger partial charge in [0.1, 0.15) is 0 Å². The number of hydrogen-bond donors (Lipinski definition) is 0. The minimum absolute atomic E-state index is 0.210. The van der Waals surface area contributed by atoms with Gasteiger partial charge in [0.25, 0.3) is 0 Å². The van der Waals surface area contributed by atoms with Crippen LogP contribution < -0.4 is 0 Å². The number of thiazole rings is 1. The maximum atomic E-state index is 4.69. The van der Waals surface area contributed by atoms with Gasteiger partial charge in [0.15, 0.2) is 0 Å². The van der Waals surface area contributed by atoms with Crippen LogP contribution in [0.5, 0.6) is 0 Å². The molecule has 0 aliphatic carbocycles. The van der Waals surface area contributed by atoms with E-state index >= 15 is 0 Å². The van der Waals surface area contributed by atoms with E-state index in [0.29, 0.717) is 0 Å². The molecule has 1 aromatic rings. The second-order valence-corrected chi connectivity index (χ2v) is 5.73. The Labute approximate surface area is 85.2 Å². The van der Waals surface area contributed by atoms with E-state index in [2.05, 4.69) is 39.6 Å². The highest BCUT2D eigenvalue weighted by Crippen LogP contribution is 2.29. The highest BCUT2D eigenvalue weighted by molar-refractivity contribution is 7.11. The van der Waals surface area contributed by atoms with Gasteiger partial charge in [0.2, 0.25) is 0 Å². The summed E-state index contributed by atoms with van der Waals surface area (Å²) < 4.78 is 0. The van der Waals surface area contributed by atoms with Crippen LogP contribution in [-0.4, -0.2) is 4.98 Å². The average molecular weight is 197 g/mol. The predicted molar refractivity (Wildman–Crippen MR) is 59.5 cm³/mol. The fourth-order valence-corrected chi connectivity index (χ4v) is 2.24. The van der Waals surface area contributed by atoms with Gasteiger partial charge in [-0.25, -0.2) is 4.98 Å². The molecule has 0 fully saturated rings. The Morgan fingerprint density at radius 1 is 1.31 bits per heavy atom. The molecule has 0 saturated carbocycles. The Hall–Kier alpha value is -0.370. The molecule has 74 valence electrons. The van der Waals surface area contributed by atoms with Gasteiger partial charge in [0, 0.05) is 10.3 Å². The smallest absolute Gasteiger partial charge is 0.0984 e. The Kier molecular flexibility index (Phi) is 3.12. The summed E-state index contributed by atoms with van der Waals surface area (Å²) in [6.45, 7) is 11.1. The van der Waals surface area contributed by atoms with Crippen molar-refractivity contribution in [2.45, 2.75) is 52.9 Å². The molecule has 0 unspecified atom stereocenters. The maximum Gasteiger partial charge on any atom is 0.0984 e. The van der Waals surface area contributed by atoms with E-state index in [9.17, 15) is 0 Å². The normalized spacial score (nSPS) is 12.1. The molecular formula is C11H19NS. The van der Waals surface area contributed by atoms with Crippen molar-refractivity contribution in [1.82, 2.24) is 4.98 Å². The second kappa shape index (κ2) is 3.79. The number of aromatic nitrogens is 1. The molecule has 0 bridgehead atoms. The molecule has 0 aliphatic heterocycles. The summed E-state index contributed by atoms with van der Waals surface area (Å²) >= 11 is 1.85. The van der Waals surface area contributed by atoms with E-state index in [0.717, 1.165) is 6.42 Å². The standard InChI is InChI=1S/C11H19NS/c1-6-7-9-8(2)13-10(12-9)11(3,4)5/h6-7H2,1-5H3. The summed E-state index contributed by atoms with van der Waals surface area (Å²) in [5, 5.41) is 1.27. The minimum atomic E-state index is 0.210. The SMILES string of the molecule is CCCc1nc(C(C)(C)C)sc1C. The van der Waals surface area contributed by atoms with Gasteiger partial charge in [-0.15, -0.1) is 11.3 Å². The number of aryl methyl sites for hydroxylation is 2. The lowest BCUT2D eigenvalue weighted by atomic mass is 9.98. The molecule has 0 amide bonds. The Morgan fingerprint density at radius 2 is 1.92 bits per heavy atom. The molecule has 0 atom stereocenters. The van der Waals surface area contributed by atoms with Crippen molar-refractivity contribution in [3.05, 3.63) is 15.6 Å². The lowest BCUT2D eigenvalue weighted by Crippen LogP contribution is -2.10. The van der Waals surface area contributed by atoms with Gasteiger partial charge in [-0.3, -0.25) is 0 Å². The lowest BCUT2D eigenvalue weighted by molar-refractivity contribution is 0.582. The van der Waals surface area contributed by atoms with Gasteiger partial charge in [-0.05, 0) is 13.3 Å². The van der Waals surface area contributed by atoms with Crippen LogP contribution in [0.15, 0.2) is 0 Å². The number of hydrogen-bond acceptors (Lipinski definition) is 2. The largest absolute Gasteiger partial charge is 0.245 e. The van der Waals surface area contributed by atoms with Crippen molar-refractivity contribution < 1.29 is 0 Å².